The first-order valence-corrected chi connectivity index (χ1v) is 5.88. The second kappa shape index (κ2) is 6.17. The number of pyridine rings is 1. The van der Waals surface area contributed by atoms with Gasteiger partial charge < -0.3 is 9.47 Å². The monoisotopic (exact) mass is 259 g/mol. The number of nitrogens with two attached hydrogens (primary N) is 1. The van der Waals surface area contributed by atoms with Crippen molar-refractivity contribution in [1.82, 2.24) is 10.4 Å². The van der Waals surface area contributed by atoms with Gasteiger partial charge in [0.1, 0.15) is 11.5 Å². The maximum atomic E-state index is 5.70. The number of nitrogens with one attached hydrogen (secondary N) is 1. The van der Waals surface area contributed by atoms with E-state index in [4.69, 9.17) is 15.3 Å². The van der Waals surface area contributed by atoms with Crippen LogP contribution in [0.15, 0.2) is 42.7 Å². The molecular formula is C14H17N3O2. The van der Waals surface area contributed by atoms with Gasteiger partial charge in [-0.3, -0.25) is 10.8 Å². The molecule has 0 amide bonds. The number of hydrazine groups is 1. The van der Waals surface area contributed by atoms with Crippen LogP contribution in [0.25, 0.3) is 0 Å². The second-order valence-electron chi connectivity index (χ2n) is 3.96. The number of hydrogen-bond donors (Lipinski definition) is 2. The van der Waals surface area contributed by atoms with E-state index in [1.165, 1.54) is 0 Å². The van der Waals surface area contributed by atoms with Crippen LogP contribution >= 0.6 is 0 Å². The zero-order valence-corrected chi connectivity index (χ0v) is 11.0. The van der Waals surface area contributed by atoms with Crippen LogP contribution < -0.4 is 20.7 Å². The van der Waals surface area contributed by atoms with Gasteiger partial charge in [0, 0.05) is 12.4 Å². The molecule has 0 aliphatic rings. The summed E-state index contributed by atoms with van der Waals surface area (Å²) >= 11 is 0. The molecular weight excluding hydrogens is 242 g/mol. The minimum atomic E-state index is -0.250. The van der Waals surface area contributed by atoms with Crippen LogP contribution in [-0.2, 0) is 0 Å². The standard InChI is InChI=1S/C14H17N3O2/c1-18-11-6-3-7-12(19-2)13(11)14(17-15)10-5-4-8-16-9-10/h3-9,14,17H,15H2,1-2H3. The Hall–Kier alpha value is -2.11. The van der Waals surface area contributed by atoms with E-state index in [2.05, 4.69) is 10.4 Å². The predicted octanol–water partition coefficient (Wildman–Crippen LogP) is 1.65. The van der Waals surface area contributed by atoms with Gasteiger partial charge in [0.05, 0.1) is 25.8 Å². The summed E-state index contributed by atoms with van der Waals surface area (Å²) in [6.45, 7) is 0. The van der Waals surface area contributed by atoms with Crippen molar-refractivity contribution in [3.05, 3.63) is 53.9 Å². The van der Waals surface area contributed by atoms with Gasteiger partial charge in [-0.05, 0) is 23.8 Å². The average molecular weight is 259 g/mol. The van der Waals surface area contributed by atoms with Gasteiger partial charge in [-0.15, -0.1) is 0 Å². The maximum absolute atomic E-state index is 5.70. The molecule has 2 aromatic rings. The van der Waals surface area contributed by atoms with Crippen LogP contribution in [0.2, 0.25) is 0 Å². The highest BCUT2D eigenvalue weighted by Gasteiger charge is 2.21. The van der Waals surface area contributed by atoms with E-state index in [9.17, 15) is 0 Å². The van der Waals surface area contributed by atoms with Gasteiger partial charge in [0.25, 0.3) is 0 Å². The lowest BCUT2D eigenvalue weighted by Gasteiger charge is -2.21. The zero-order valence-electron chi connectivity index (χ0n) is 11.0. The lowest BCUT2D eigenvalue weighted by molar-refractivity contribution is 0.377. The fourth-order valence-electron chi connectivity index (χ4n) is 2.06. The van der Waals surface area contributed by atoms with Crippen molar-refractivity contribution in [2.75, 3.05) is 14.2 Å². The molecule has 3 N–H and O–H groups in total. The molecule has 0 fully saturated rings. The summed E-state index contributed by atoms with van der Waals surface area (Å²) in [6.07, 6.45) is 3.48. The Morgan fingerprint density at radius 1 is 1.11 bits per heavy atom. The summed E-state index contributed by atoms with van der Waals surface area (Å²) < 4.78 is 10.8. The Labute approximate surface area is 112 Å². The molecule has 1 heterocycles. The SMILES string of the molecule is COc1cccc(OC)c1C(NN)c1cccnc1. The first-order chi connectivity index (χ1) is 9.31. The molecule has 5 heteroatoms. The van der Waals surface area contributed by atoms with E-state index < -0.39 is 0 Å². The Bertz CT molecular complexity index is 509. The second-order valence-corrected chi connectivity index (χ2v) is 3.96. The normalized spacial score (nSPS) is 11.9. The van der Waals surface area contributed by atoms with Crippen molar-refractivity contribution in [2.24, 2.45) is 5.84 Å². The van der Waals surface area contributed by atoms with Crippen molar-refractivity contribution in [2.45, 2.75) is 6.04 Å². The molecule has 100 valence electrons. The van der Waals surface area contributed by atoms with Gasteiger partial charge in [0.15, 0.2) is 0 Å². The molecule has 0 saturated carbocycles. The molecule has 0 saturated heterocycles. The third-order valence-corrected chi connectivity index (χ3v) is 2.94. The maximum Gasteiger partial charge on any atom is 0.127 e. The number of ether oxygens (including phenoxy) is 2. The van der Waals surface area contributed by atoms with Crippen molar-refractivity contribution < 1.29 is 9.47 Å². The highest BCUT2D eigenvalue weighted by Crippen LogP contribution is 2.36. The Morgan fingerprint density at radius 3 is 2.26 bits per heavy atom. The van der Waals surface area contributed by atoms with Gasteiger partial charge in [0.2, 0.25) is 0 Å². The van der Waals surface area contributed by atoms with E-state index in [-0.39, 0.29) is 6.04 Å². The summed E-state index contributed by atoms with van der Waals surface area (Å²) in [4.78, 5) is 4.11. The van der Waals surface area contributed by atoms with Gasteiger partial charge in [-0.2, -0.15) is 0 Å². The molecule has 0 radical (unpaired) electrons. The molecule has 2 rings (SSSR count). The minimum Gasteiger partial charge on any atom is -0.496 e. The quantitative estimate of drug-likeness (QED) is 0.631. The predicted molar refractivity (Wildman–Crippen MR) is 72.9 cm³/mol. The lowest BCUT2D eigenvalue weighted by Crippen LogP contribution is -2.29. The largest absolute Gasteiger partial charge is 0.496 e. The average Bonchev–Trinajstić information content (AvgIpc) is 2.49. The molecule has 1 unspecified atom stereocenters. The molecule has 1 aromatic heterocycles. The number of rotatable bonds is 5. The van der Waals surface area contributed by atoms with Gasteiger partial charge >= 0.3 is 0 Å². The van der Waals surface area contributed by atoms with Crippen molar-refractivity contribution in [3.8, 4) is 11.5 Å². The van der Waals surface area contributed by atoms with E-state index >= 15 is 0 Å². The molecule has 5 nitrogen and oxygen atoms in total. The number of aromatic nitrogens is 1. The van der Waals surface area contributed by atoms with E-state index in [0.29, 0.717) is 11.5 Å². The highest BCUT2D eigenvalue weighted by atomic mass is 16.5. The number of methoxy groups -OCH3 is 2. The molecule has 0 aliphatic carbocycles. The van der Waals surface area contributed by atoms with Crippen LogP contribution in [0, 0.1) is 0 Å². The van der Waals surface area contributed by atoms with E-state index in [1.807, 2.05) is 30.3 Å². The highest BCUT2D eigenvalue weighted by molar-refractivity contribution is 5.50. The Kier molecular flexibility index (Phi) is 4.33. The number of nitrogens with zero attached hydrogens (tertiary/aromatic N) is 1. The minimum absolute atomic E-state index is 0.250. The number of benzene rings is 1. The Morgan fingerprint density at radius 2 is 1.79 bits per heavy atom. The fraction of sp³-hybridized carbons (Fsp3) is 0.214. The van der Waals surface area contributed by atoms with E-state index in [1.54, 1.807) is 26.6 Å². The van der Waals surface area contributed by atoms with Crippen molar-refractivity contribution in [3.63, 3.8) is 0 Å². The van der Waals surface area contributed by atoms with Crippen LogP contribution in [-0.4, -0.2) is 19.2 Å². The zero-order chi connectivity index (χ0) is 13.7. The molecule has 1 aromatic carbocycles. The van der Waals surface area contributed by atoms with Crippen LogP contribution in [0.1, 0.15) is 17.2 Å². The summed E-state index contributed by atoms with van der Waals surface area (Å²) in [6, 6.07) is 9.18. The smallest absolute Gasteiger partial charge is 0.127 e. The Balaban J connectivity index is 2.54. The van der Waals surface area contributed by atoms with Crippen molar-refractivity contribution >= 4 is 0 Å². The lowest BCUT2D eigenvalue weighted by atomic mass is 9.99. The topological polar surface area (TPSA) is 69.4 Å². The van der Waals surface area contributed by atoms with Crippen LogP contribution in [0.3, 0.4) is 0 Å². The molecule has 1 atom stereocenters. The third-order valence-electron chi connectivity index (χ3n) is 2.94. The van der Waals surface area contributed by atoms with Crippen LogP contribution in [0.5, 0.6) is 11.5 Å². The molecule has 0 bridgehead atoms. The first-order valence-electron chi connectivity index (χ1n) is 5.88. The van der Waals surface area contributed by atoms with Gasteiger partial charge in [-0.25, -0.2) is 5.43 Å². The summed E-state index contributed by atoms with van der Waals surface area (Å²) in [5.74, 6) is 7.12. The number of hydrogen-bond acceptors (Lipinski definition) is 5. The van der Waals surface area contributed by atoms with E-state index in [0.717, 1.165) is 11.1 Å². The first kappa shape index (κ1) is 13.3. The third kappa shape index (κ3) is 2.67. The molecule has 0 spiro atoms. The fourth-order valence-corrected chi connectivity index (χ4v) is 2.06. The summed E-state index contributed by atoms with van der Waals surface area (Å²) in [7, 11) is 3.24. The van der Waals surface area contributed by atoms with Gasteiger partial charge in [-0.1, -0.05) is 12.1 Å². The molecule has 0 aliphatic heterocycles. The summed E-state index contributed by atoms with van der Waals surface area (Å²) in [5.41, 5.74) is 4.57. The molecule has 19 heavy (non-hydrogen) atoms. The van der Waals surface area contributed by atoms with Crippen LogP contribution in [0.4, 0.5) is 0 Å². The van der Waals surface area contributed by atoms with Crippen molar-refractivity contribution in [1.29, 1.82) is 0 Å². The summed E-state index contributed by atoms with van der Waals surface area (Å²) in [5, 5.41) is 0.